The minimum Gasteiger partial charge on any atom is -0.378 e. The highest BCUT2D eigenvalue weighted by molar-refractivity contribution is 7.90. The van der Waals surface area contributed by atoms with E-state index in [4.69, 9.17) is 14.7 Å². The SMILES string of the molecule is CN(C)[C@@H]1COC[C@H]1N(C)c1cccc(-c2ccc3cnc(CNC(=O)c4cncc(S(C)(=O)=O)c4)cc3n2)n1. The fourth-order valence-corrected chi connectivity index (χ4v) is 5.24. The molecule has 208 valence electrons. The van der Waals surface area contributed by atoms with Gasteiger partial charge in [0, 0.05) is 37.3 Å². The second-order valence-corrected chi connectivity index (χ2v) is 12.1. The molecule has 0 saturated carbocycles. The molecule has 0 aromatic carbocycles. The number of fused-ring (bicyclic) bond motifs is 1. The number of rotatable bonds is 8. The molecule has 4 aromatic rings. The van der Waals surface area contributed by atoms with Gasteiger partial charge in [0.1, 0.15) is 5.82 Å². The summed E-state index contributed by atoms with van der Waals surface area (Å²) >= 11 is 0. The molecule has 11 nitrogen and oxygen atoms in total. The first-order chi connectivity index (χ1) is 19.1. The van der Waals surface area contributed by atoms with E-state index in [1.807, 2.05) is 43.4 Å². The van der Waals surface area contributed by atoms with Crippen LogP contribution in [0.4, 0.5) is 5.82 Å². The molecule has 1 aliphatic rings. The second-order valence-electron chi connectivity index (χ2n) is 10.1. The van der Waals surface area contributed by atoms with Crippen molar-refractivity contribution in [3.63, 3.8) is 0 Å². The first-order valence-corrected chi connectivity index (χ1v) is 14.6. The van der Waals surface area contributed by atoms with Crippen LogP contribution in [0.1, 0.15) is 16.1 Å². The zero-order valence-corrected chi connectivity index (χ0v) is 23.6. The molecule has 0 radical (unpaired) electrons. The zero-order chi connectivity index (χ0) is 28.4. The molecule has 1 saturated heterocycles. The van der Waals surface area contributed by atoms with Gasteiger partial charge in [-0.05, 0) is 50.5 Å². The summed E-state index contributed by atoms with van der Waals surface area (Å²) in [6.07, 6.45) is 5.32. The molecule has 0 bridgehead atoms. The number of nitrogens with zero attached hydrogens (tertiary/aromatic N) is 6. The standard InChI is InChI=1S/C28H31N7O4S/c1-34(2)25-16-39-17-26(25)35(3)27-7-5-6-22(33-27)23-9-8-18-13-30-20(11-24(18)32-23)14-31-28(36)19-10-21(15-29-12-19)40(4,37)38/h5-13,15,25-26H,14,16-17H2,1-4H3,(H,31,36)/t25-,26-/m1/s1. The van der Waals surface area contributed by atoms with E-state index >= 15 is 0 Å². The predicted molar refractivity (Wildman–Crippen MR) is 152 cm³/mol. The van der Waals surface area contributed by atoms with Crippen molar-refractivity contribution in [2.45, 2.75) is 23.5 Å². The molecular formula is C28H31N7O4S. The molecule has 0 aliphatic carbocycles. The lowest BCUT2D eigenvalue weighted by Gasteiger charge is -2.32. The lowest BCUT2D eigenvalue weighted by molar-refractivity contribution is 0.0950. The van der Waals surface area contributed by atoms with Crippen molar-refractivity contribution >= 4 is 32.5 Å². The maximum Gasteiger partial charge on any atom is 0.253 e. The van der Waals surface area contributed by atoms with E-state index in [1.54, 1.807) is 6.20 Å². The molecule has 1 N–H and O–H groups in total. The molecule has 0 spiro atoms. The molecule has 5 heterocycles. The van der Waals surface area contributed by atoms with Crippen LogP contribution in [0.2, 0.25) is 0 Å². The molecule has 40 heavy (non-hydrogen) atoms. The van der Waals surface area contributed by atoms with Crippen molar-refractivity contribution in [2.24, 2.45) is 0 Å². The van der Waals surface area contributed by atoms with E-state index < -0.39 is 15.7 Å². The van der Waals surface area contributed by atoms with E-state index in [2.05, 4.69) is 39.2 Å². The number of anilines is 1. The van der Waals surface area contributed by atoms with Crippen LogP contribution in [-0.4, -0.2) is 91.9 Å². The number of ether oxygens (including phenoxy) is 1. The maximum absolute atomic E-state index is 12.6. The number of amides is 1. The molecule has 1 amide bonds. The van der Waals surface area contributed by atoms with Gasteiger partial charge in [0.25, 0.3) is 5.91 Å². The first-order valence-electron chi connectivity index (χ1n) is 12.7. The normalized spacial score (nSPS) is 17.3. The highest BCUT2D eigenvalue weighted by Gasteiger charge is 2.33. The maximum atomic E-state index is 12.6. The Kier molecular flexibility index (Phi) is 7.74. The Morgan fingerprint density at radius 3 is 2.55 bits per heavy atom. The zero-order valence-electron chi connectivity index (χ0n) is 22.8. The van der Waals surface area contributed by atoms with Gasteiger partial charge in [-0.25, -0.2) is 18.4 Å². The summed E-state index contributed by atoms with van der Waals surface area (Å²) < 4.78 is 29.3. The van der Waals surface area contributed by atoms with Gasteiger partial charge in [0.15, 0.2) is 9.84 Å². The summed E-state index contributed by atoms with van der Waals surface area (Å²) in [5.41, 5.74) is 2.95. The number of aromatic nitrogens is 4. The van der Waals surface area contributed by atoms with Crippen LogP contribution in [0.15, 0.2) is 66.0 Å². The van der Waals surface area contributed by atoms with Gasteiger partial charge in [-0.15, -0.1) is 0 Å². The van der Waals surface area contributed by atoms with Gasteiger partial charge < -0.3 is 19.9 Å². The number of hydrogen-bond acceptors (Lipinski definition) is 10. The van der Waals surface area contributed by atoms with E-state index in [9.17, 15) is 13.2 Å². The van der Waals surface area contributed by atoms with Crippen LogP contribution in [-0.2, 0) is 21.1 Å². The fraction of sp³-hybridized carbons (Fsp3) is 0.321. The predicted octanol–water partition coefficient (Wildman–Crippen LogP) is 2.19. The number of sulfone groups is 1. The van der Waals surface area contributed by atoms with E-state index in [0.717, 1.165) is 34.4 Å². The van der Waals surface area contributed by atoms with Crippen molar-refractivity contribution in [3.8, 4) is 11.4 Å². The third kappa shape index (κ3) is 5.93. The summed E-state index contributed by atoms with van der Waals surface area (Å²) in [6.45, 7) is 1.47. The molecule has 1 aliphatic heterocycles. The summed E-state index contributed by atoms with van der Waals surface area (Å²) in [6, 6.07) is 13.3. The van der Waals surface area contributed by atoms with Crippen LogP contribution in [0.5, 0.6) is 0 Å². The minimum absolute atomic E-state index is 0.0151. The molecule has 5 rings (SSSR count). The Bertz CT molecular complexity index is 1660. The van der Waals surface area contributed by atoms with Crippen LogP contribution in [0.25, 0.3) is 22.3 Å². The van der Waals surface area contributed by atoms with Crippen molar-refractivity contribution in [2.75, 3.05) is 45.5 Å². The number of likely N-dealkylation sites (N-methyl/N-ethyl adjacent to an activating group) is 2. The topological polar surface area (TPSA) is 131 Å². The van der Waals surface area contributed by atoms with Gasteiger partial charge in [0.2, 0.25) is 0 Å². The van der Waals surface area contributed by atoms with Crippen molar-refractivity contribution in [1.29, 1.82) is 0 Å². The quantitative estimate of drug-likeness (QED) is 0.342. The summed E-state index contributed by atoms with van der Waals surface area (Å²) in [5.74, 6) is 0.394. The average molecular weight is 562 g/mol. The number of pyridine rings is 4. The summed E-state index contributed by atoms with van der Waals surface area (Å²) in [5, 5.41) is 3.62. The number of hydrogen-bond donors (Lipinski definition) is 1. The second kappa shape index (κ2) is 11.2. The molecule has 1 fully saturated rings. The van der Waals surface area contributed by atoms with Gasteiger partial charge >= 0.3 is 0 Å². The summed E-state index contributed by atoms with van der Waals surface area (Å²) in [4.78, 5) is 35.0. The van der Waals surface area contributed by atoms with Crippen LogP contribution in [0, 0.1) is 0 Å². The van der Waals surface area contributed by atoms with Gasteiger partial charge in [0.05, 0.1) is 64.9 Å². The molecule has 12 heteroatoms. The van der Waals surface area contributed by atoms with E-state index in [0.29, 0.717) is 18.9 Å². The Labute approximate surface area is 233 Å². The molecule has 2 atom stereocenters. The Morgan fingerprint density at radius 2 is 1.77 bits per heavy atom. The minimum atomic E-state index is -3.47. The molecule has 0 unspecified atom stereocenters. The average Bonchev–Trinajstić information content (AvgIpc) is 3.45. The molecular weight excluding hydrogens is 530 g/mol. The molecule has 4 aromatic heterocycles. The highest BCUT2D eigenvalue weighted by Crippen LogP contribution is 2.25. The van der Waals surface area contributed by atoms with Crippen molar-refractivity contribution in [3.05, 3.63) is 72.3 Å². The number of carbonyl (C=O) groups is 1. The van der Waals surface area contributed by atoms with Crippen LogP contribution < -0.4 is 10.2 Å². The highest BCUT2D eigenvalue weighted by atomic mass is 32.2. The Balaban J connectivity index is 1.33. The van der Waals surface area contributed by atoms with E-state index in [-0.39, 0.29) is 29.1 Å². The first kappa shape index (κ1) is 27.6. The fourth-order valence-electron chi connectivity index (χ4n) is 4.64. The smallest absolute Gasteiger partial charge is 0.253 e. The number of nitrogens with one attached hydrogen (secondary N) is 1. The van der Waals surface area contributed by atoms with Crippen molar-refractivity contribution < 1.29 is 17.9 Å². The van der Waals surface area contributed by atoms with Crippen LogP contribution in [0.3, 0.4) is 0 Å². The monoisotopic (exact) mass is 561 g/mol. The van der Waals surface area contributed by atoms with Crippen LogP contribution >= 0.6 is 0 Å². The lowest BCUT2D eigenvalue weighted by Crippen LogP contribution is -2.47. The third-order valence-corrected chi connectivity index (χ3v) is 8.08. The largest absolute Gasteiger partial charge is 0.378 e. The number of carbonyl (C=O) groups excluding carboxylic acids is 1. The summed E-state index contributed by atoms with van der Waals surface area (Å²) in [7, 11) is 2.69. The Hall–Kier alpha value is -4.00. The third-order valence-electron chi connectivity index (χ3n) is 7.00. The van der Waals surface area contributed by atoms with Crippen molar-refractivity contribution in [1.82, 2.24) is 30.2 Å². The van der Waals surface area contributed by atoms with E-state index in [1.165, 1.54) is 18.5 Å². The van der Waals surface area contributed by atoms with Gasteiger partial charge in [-0.3, -0.25) is 14.8 Å². The van der Waals surface area contributed by atoms with Gasteiger partial charge in [-0.2, -0.15) is 0 Å². The van der Waals surface area contributed by atoms with Gasteiger partial charge in [-0.1, -0.05) is 6.07 Å². The lowest BCUT2D eigenvalue weighted by atomic mass is 10.1. The Morgan fingerprint density at radius 1 is 1.00 bits per heavy atom.